The summed E-state index contributed by atoms with van der Waals surface area (Å²) < 4.78 is 0. The van der Waals surface area contributed by atoms with Gasteiger partial charge in [-0.25, -0.2) is 0 Å². The molecular formula is C22H20ClN. The first-order valence-electron chi connectivity index (χ1n) is 8.41. The molecule has 1 aliphatic carbocycles. The molecular weight excluding hydrogens is 314 g/mol. The van der Waals surface area contributed by atoms with E-state index in [0.29, 0.717) is 5.92 Å². The maximum Gasteiger partial charge on any atom is 0.0408 e. The summed E-state index contributed by atoms with van der Waals surface area (Å²) in [4.78, 5) is 0. The van der Waals surface area contributed by atoms with E-state index >= 15 is 0 Å². The minimum Gasteiger partial charge on any atom is -0.399 e. The van der Waals surface area contributed by atoms with Crippen LogP contribution in [0.1, 0.15) is 33.7 Å². The average molecular weight is 334 g/mol. The van der Waals surface area contributed by atoms with Crippen molar-refractivity contribution < 1.29 is 0 Å². The van der Waals surface area contributed by atoms with Crippen LogP contribution in [-0.4, -0.2) is 0 Å². The Hall–Kier alpha value is -2.25. The van der Waals surface area contributed by atoms with Crippen LogP contribution >= 0.6 is 11.6 Å². The van der Waals surface area contributed by atoms with Crippen molar-refractivity contribution in [2.24, 2.45) is 0 Å². The number of hydrogen-bond acceptors (Lipinski definition) is 1. The van der Waals surface area contributed by atoms with Gasteiger partial charge in [0.25, 0.3) is 0 Å². The first-order valence-corrected chi connectivity index (χ1v) is 8.79. The van der Waals surface area contributed by atoms with Gasteiger partial charge >= 0.3 is 0 Å². The van der Waals surface area contributed by atoms with Crippen LogP contribution in [0.2, 0.25) is 5.02 Å². The number of aryl methyl sites for hydroxylation is 2. The number of benzene rings is 3. The molecule has 0 amide bonds. The quantitative estimate of drug-likeness (QED) is 0.625. The molecule has 3 aromatic rings. The number of hydrogen-bond donors (Lipinski definition) is 1. The highest BCUT2D eigenvalue weighted by Gasteiger charge is 2.23. The van der Waals surface area contributed by atoms with E-state index in [1.165, 1.54) is 27.8 Å². The molecule has 2 N–H and O–H groups in total. The van der Waals surface area contributed by atoms with Gasteiger partial charge < -0.3 is 5.73 Å². The van der Waals surface area contributed by atoms with Gasteiger partial charge in [0.2, 0.25) is 0 Å². The normalized spacial score (nSPS) is 16.1. The van der Waals surface area contributed by atoms with Gasteiger partial charge in [-0.3, -0.25) is 0 Å². The number of nitrogen functional groups attached to an aromatic ring is 1. The van der Waals surface area contributed by atoms with Crippen molar-refractivity contribution in [3.8, 4) is 0 Å². The lowest BCUT2D eigenvalue weighted by Gasteiger charge is -2.21. The molecule has 0 aliphatic heterocycles. The Kier molecular flexibility index (Phi) is 4.03. The number of anilines is 1. The third-order valence-electron chi connectivity index (χ3n) is 4.99. The average Bonchev–Trinajstić information content (AvgIpc) is 2.74. The van der Waals surface area contributed by atoms with Gasteiger partial charge in [0.1, 0.15) is 0 Å². The Morgan fingerprint density at radius 1 is 0.833 bits per heavy atom. The zero-order valence-corrected chi connectivity index (χ0v) is 14.3. The number of fused-ring (bicyclic) bond motifs is 2. The minimum atomic E-state index is 0.361. The Balaban J connectivity index is 1.82. The van der Waals surface area contributed by atoms with Crippen LogP contribution in [0, 0.1) is 0 Å². The second kappa shape index (κ2) is 6.33. The van der Waals surface area contributed by atoms with Crippen LogP contribution in [0.5, 0.6) is 0 Å². The van der Waals surface area contributed by atoms with E-state index in [-0.39, 0.29) is 0 Å². The second-order valence-corrected chi connectivity index (χ2v) is 6.98. The fourth-order valence-electron chi connectivity index (χ4n) is 3.78. The molecule has 0 saturated heterocycles. The number of rotatable bonds is 2. The van der Waals surface area contributed by atoms with Crippen LogP contribution in [0.25, 0.3) is 0 Å². The van der Waals surface area contributed by atoms with Gasteiger partial charge in [0.05, 0.1) is 0 Å². The van der Waals surface area contributed by atoms with E-state index in [1.54, 1.807) is 0 Å². The number of halogens is 1. The fraction of sp³-hybridized carbons (Fsp3) is 0.182. The summed E-state index contributed by atoms with van der Waals surface area (Å²) in [5.41, 5.74) is 13.6. The highest BCUT2D eigenvalue weighted by molar-refractivity contribution is 6.30. The third-order valence-corrected chi connectivity index (χ3v) is 5.23. The van der Waals surface area contributed by atoms with E-state index < -0.39 is 0 Å². The summed E-state index contributed by atoms with van der Waals surface area (Å²) in [5, 5.41) is 0.825. The molecule has 0 radical (unpaired) electrons. The highest BCUT2D eigenvalue weighted by atomic mass is 35.5. The molecule has 0 saturated carbocycles. The predicted octanol–water partition coefficient (Wildman–Crippen LogP) is 5.40. The lowest BCUT2D eigenvalue weighted by Crippen LogP contribution is -2.07. The Bertz CT molecular complexity index is 867. The zero-order valence-electron chi connectivity index (χ0n) is 13.5. The van der Waals surface area contributed by atoms with Gasteiger partial charge in [0, 0.05) is 16.6 Å². The van der Waals surface area contributed by atoms with Gasteiger partial charge in [-0.1, -0.05) is 54.1 Å². The summed E-state index contributed by atoms with van der Waals surface area (Å²) in [6.07, 6.45) is 3.10. The first kappa shape index (κ1) is 15.3. The summed E-state index contributed by atoms with van der Waals surface area (Å²) in [6.45, 7) is 0. The lowest BCUT2D eigenvalue weighted by molar-refractivity contribution is 0.799. The van der Waals surface area contributed by atoms with Crippen LogP contribution in [0.3, 0.4) is 0 Å². The molecule has 4 rings (SSSR count). The topological polar surface area (TPSA) is 26.0 Å². The van der Waals surface area contributed by atoms with Crippen molar-refractivity contribution >= 4 is 17.3 Å². The summed E-state index contributed by atoms with van der Waals surface area (Å²) in [5.74, 6) is 0.361. The van der Waals surface area contributed by atoms with E-state index in [2.05, 4.69) is 48.5 Å². The van der Waals surface area contributed by atoms with Crippen molar-refractivity contribution in [1.82, 2.24) is 0 Å². The van der Waals surface area contributed by atoms with Crippen molar-refractivity contribution in [2.45, 2.75) is 25.2 Å². The second-order valence-electron chi connectivity index (χ2n) is 6.54. The molecule has 1 nitrogen and oxygen atoms in total. The molecule has 1 unspecified atom stereocenters. The molecule has 0 heterocycles. The molecule has 0 fully saturated rings. The summed E-state index contributed by atoms with van der Waals surface area (Å²) in [6, 6.07) is 23.4. The van der Waals surface area contributed by atoms with E-state index in [4.69, 9.17) is 17.3 Å². The molecule has 0 bridgehead atoms. The van der Waals surface area contributed by atoms with Crippen molar-refractivity contribution in [3.63, 3.8) is 0 Å². The standard InChI is InChI=1S/C22H20ClN/c23-18-9-12-21-17(14-18)8-7-16-3-1-2-4-20(16)22(21)13-15-5-10-19(24)11-6-15/h1-6,9-12,14,22H,7-8,13,24H2. The zero-order chi connectivity index (χ0) is 16.5. The Morgan fingerprint density at radius 3 is 2.38 bits per heavy atom. The molecule has 2 heteroatoms. The molecule has 24 heavy (non-hydrogen) atoms. The highest BCUT2D eigenvalue weighted by Crippen LogP contribution is 2.37. The number of nitrogens with two attached hydrogens (primary N) is 1. The van der Waals surface area contributed by atoms with Crippen LogP contribution < -0.4 is 5.73 Å². The Morgan fingerprint density at radius 2 is 1.54 bits per heavy atom. The first-order chi connectivity index (χ1) is 11.7. The van der Waals surface area contributed by atoms with Crippen molar-refractivity contribution in [3.05, 3.63) is 99.6 Å². The monoisotopic (exact) mass is 333 g/mol. The van der Waals surface area contributed by atoms with Crippen LogP contribution in [-0.2, 0) is 19.3 Å². The third kappa shape index (κ3) is 2.92. The SMILES string of the molecule is Nc1ccc(CC2c3ccccc3CCc3cc(Cl)ccc32)cc1. The van der Waals surface area contributed by atoms with Gasteiger partial charge in [-0.2, -0.15) is 0 Å². The molecule has 0 aromatic heterocycles. The molecule has 0 spiro atoms. The lowest BCUT2D eigenvalue weighted by atomic mass is 9.83. The maximum absolute atomic E-state index is 6.25. The Labute approximate surface area is 148 Å². The van der Waals surface area contributed by atoms with Crippen molar-refractivity contribution in [1.29, 1.82) is 0 Å². The van der Waals surface area contributed by atoms with Crippen molar-refractivity contribution in [2.75, 3.05) is 5.73 Å². The van der Waals surface area contributed by atoms with Gasteiger partial charge in [-0.05, 0) is 71.3 Å². The molecule has 3 aromatic carbocycles. The fourth-order valence-corrected chi connectivity index (χ4v) is 3.97. The maximum atomic E-state index is 6.25. The van der Waals surface area contributed by atoms with Crippen LogP contribution in [0.4, 0.5) is 5.69 Å². The van der Waals surface area contributed by atoms with E-state index in [9.17, 15) is 0 Å². The minimum absolute atomic E-state index is 0.361. The van der Waals surface area contributed by atoms with Gasteiger partial charge in [0.15, 0.2) is 0 Å². The molecule has 1 aliphatic rings. The van der Waals surface area contributed by atoms with Gasteiger partial charge in [-0.15, -0.1) is 0 Å². The van der Waals surface area contributed by atoms with E-state index in [0.717, 1.165) is 30.0 Å². The summed E-state index contributed by atoms with van der Waals surface area (Å²) in [7, 11) is 0. The largest absolute Gasteiger partial charge is 0.399 e. The summed E-state index contributed by atoms with van der Waals surface area (Å²) >= 11 is 6.25. The van der Waals surface area contributed by atoms with Crippen LogP contribution in [0.15, 0.2) is 66.7 Å². The molecule has 120 valence electrons. The predicted molar refractivity (Wildman–Crippen MR) is 102 cm³/mol. The van der Waals surface area contributed by atoms with E-state index in [1.807, 2.05) is 18.2 Å². The smallest absolute Gasteiger partial charge is 0.0408 e. The molecule has 1 atom stereocenters.